The molecule has 4 atom stereocenters. The fourth-order valence-electron chi connectivity index (χ4n) is 3.69. The monoisotopic (exact) mass is 400 g/mol. The zero-order valence-corrected chi connectivity index (χ0v) is 19.1. The molecule has 25 heavy (non-hydrogen) atoms. The number of carbonyl (C=O) groups excluding carboxylic acids is 2. The van der Waals surface area contributed by atoms with E-state index >= 15 is 0 Å². The van der Waals surface area contributed by atoms with E-state index in [0.717, 1.165) is 12.2 Å². The lowest BCUT2D eigenvalue weighted by atomic mass is 9.85. The highest BCUT2D eigenvalue weighted by atomic mass is 32.2. The maximum Gasteiger partial charge on any atom is 0.230 e. The number of amides is 2. The minimum atomic E-state index is -1.66. The second kappa shape index (κ2) is 7.31. The first kappa shape index (κ1) is 20.9. The molecule has 0 aliphatic carbocycles. The lowest BCUT2D eigenvalue weighted by Gasteiger charge is -2.50. The summed E-state index contributed by atoms with van der Waals surface area (Å²) >= 11 is 6.96. The first-order valence-electron chi connectivity index (χ1n) is 9.21. The fraction of sp³-hybridized carbons (Fsp3) is 0.833. The first-order valence-corrected chi connectivity index (χ1v) is 13.7. The van der Waals surface area contributed by atoms with E-state index in [-0.39, 0.29) is 34.9 Å². The molecule has 0 aromatic heterocycles. The van der Waals surface area contributed by atoms with E-state index in [4.69, 9.17) is 12.2 Å². The maximum absolute atomic E-state index is 12.8. The van der Waals surface area contributed by atoms with Gasteiger partial charge in [0.25, 0.3) is 0 Å². The zero-order chi connectivity index (χ0) is 19.2. The van der Waals surface area contributed by atoms with Gasteiger partial charge in [-0.05, 0) is 17.0 Å². The minimum absolute atomic E-state index is 0.0463. The summed E-state index contributed by atoms with van der Waals surface area (Å²) in [4.78, 5) is 26.9. The summed E-state index contributed by atoms with van der Waals surface area (Å²) in [6, 6.07) is 0.159. The summed E-state index contributed by atoms with van der Waals surface area (Å²) in [5.74, 6) is 1.02. The van der Waals surface area contributed by atoms with E-state index in [1.165, 1.54) is 0 Å². The van der Waals surface area contributed by atoms with Gasteiger partial charge in [0.15, 0.2) is 0 Å². The molecule has 142 valence electrons. The largest absolute Gasteiger partial charge is 0.352 e. The van der Waals surface area contributed by atoms with Crippen molar-refractivity contribution in [3.05, 3.63) is 0 Å². The van der Waals surface area contributed by atoms with E-state index < -0.39 is 8.07 Å². The average Bonchev–Trinajstić information content (AvgIpc) is 2.86. The molecule has 0 aromatic carbocycles. The van der Waals surface area contributed by atoms with Gasteiger partial charge in [0.05, 0.1) is 14.0 Å². The number of rotatable bonds is 5. The van der Waals surface area contributed by atoms with Crippen molar-refractivity contribution in [2.45, 2.75) is 83.2 Å². The Morgan fingerprint density at radius 2 is 2.04 bits per heavy atom. The van der Waals surface area contributed by atoms with Crippen LogP contribution in [0.4, 0.5) is 0 Å². The van der Waals surface area contributed by atoms with Gasteiger partial charge in [0, 0.05) is 24.3 Å². The van der Waals surface area contributed by atoms with Crippen molar-refractivity contribution < 1.29 is 9.59 Å². The highest BCUT2D eigenvalue weighted by Crippen LogP contribution is 2.49. The Morgan fingerprint density at radius 3 is 2.52 bits per heavy atom. The Morgan fingerprint density at radius 1 is 1.44 bits per heavy atom. The van der Waals surface area contributed by atoms with Crippen molar-refractivity contribution in [1.29, 1.82) is 0 Å². The van der Waals surface area contributed by atoms with E-state index in [0.29, 0.717) is 16.3 Å². The molecule has 0 radical (unpaired) electrons. The van der Waals surface area contributed by atoms with E-state index in [2.05, 4.69) is 53.0 Å². The van der Waals surface area contributed by atoms with Crippen molar-refractivity contribution in [2.75, 3.05) is 5.75 Å². The van der Waals surface area contributed by atoms with Gasteiger partial charge in [-0.25, -0.2) is 0 Å². The summed E-state index contributed by atoms with van der Waals surface area (Å²) < 4.78 is 0.691. The molecule has 2 fully saturated rings. The Bertz CT molecular complexity index is 574. The lowest BCUT2D eigenvalue weighted by molar-refractivity contribution is -0.138. The summed E-state index contributed by atoms with van der Waals surface area (Å²) in [6.07, 6.45) is 1.28. The molecule has 1 N–H and O–H groups in total. The number of hydrogen-bond acceptors (Lipinski definition) is 4. The van der Waals surface area contributed by atoms with Crippen LogP contribution in [-0.4, -0.2) is 46.9 Å². The molecule has 2 aliphatic rings. The van der Waals surface area contributed by atoms with E-state index in [1.807, 2.05) is 0 Å². The van der Waals surface area contributed by atoms with Crippen LogP contribution in [0.3, 0.4) is 0 Å². The normalized spacial score (nSPS) is 28.6. The van der Waals surface area contributed by atoms with Crippen molar-refractivity contribution in [1.82, 2.24) is 10.2 Å². The van der Waals surface area contributed by atoms with Crippen LogP contribution in [0.1, 0.15) is 47.5 Å². The van der Waals surface area contributed by atoms with Crippen LogP contribution < -0.4 is 5.32 Å². The molecular formula is C18H32N2O2S2Si. The van der Waals surface area contributed by atoms with Gasteiger partial charge < -0.3 is 5.32 Å². The van der Waals surface area contributed by atoms with Gasteiger partial charge in [-0.1, -0.05) is 71.7 Å². The third-order valence-corrected chi connectivity index (χ3v) is 14.8. The molecule has 0 aromatic rings. The van der Waals surface area contributed by atoms with Crippen molar-refractivity contribution in [3.63, 3.8) is 0 Å². The fourth-order valence-corrected chi connectivity index (χ4v) is 7.91. The number of thioether (sulfide) groups is 1. The average molecular weight is 401 g/mol. The lowest BCUT2D eigenvalue weighted by Crippen LogP contribution is -2.64. The highest BCUT2D eigenvalue weighted by Gasteiger charge is 2.52. The SMILES string of the molecule is CC[C@H]1CSC(=S)N1C(=O)C[C@H]1NC(=O)[C@@H]1[C@H](C)[Si](C)(C)C(C)(C)C. The predicted molar refractivity (Wildman–Crippen MR) is 113 cm³/mol. The van der Waals surface area contributed by atoms with Crippen LogP contribution in [0, 0.1) is 5.92 Å². The minimum Gasteiger partial charge on any atom is -0.352 e. The molecule has 7 heteroatoms. The van der Waals surface area contributed by atoms with Crippen LogP contribution in [0.2, 0.25) is 23.7 Å². The molecule has 4 nitrogen and oxygen atoms in total. The van der Waals surface area contributed by atoms with Crippen molar-refractivity contribution in [3.8, 4) is 0 Å². The molecule has 2 saturated heterocycles. The Labute approximate surface area is 162 Å². The number of β-lactam (4-membered cyclic amide) rings is 1. The molecule has 2 rings (SSSR count). The Kier molecular flexibility index (Phi) is 6.11. The summed E-state index contributed by atoms with van der Waals surface area (Å²) in [5.41, 5.74) is 0.334. The zero-order valence-electron chi connectivity index (χ0n) is 16.5. The number of nitrogens with one attached hydrogen (secondary N) is 1. The summed E-state index contributed by atoms with van der Waals surface area (Å²) in [6.45, 7) is 15.9. The number of carbonyl (C=O) groups is 2. The van der Waals surface area contributed by atoms with E-state index in [9.17, 15) is 9.59 Å². The standard InChI is InChI=1S/C18H32N2O2S2Si/c1-8-12-10-24-17(23)20(12)14(21)9-13-15(16(22)19-13)11(2)25(6,7)18(3,4)5/h11-13,15H,8-10H2,1-7H3,(H,19,22)/t11-,12-,13+,15+/m0/s1. The van der Waals surface area contributed by atoms with Crippen LogP contribution in [0.5, 0.6) is 0 Å². The molecule has 0 bridgehead atoms. The van der Waals surface area contributed by atoms with Crippen LogP contribution >= 0.6 is 24.0 Å². The number of nitrogens with zero attached hydrogens (tertiary/aromatic N) is 1. The predicted octanol–water partition coefficient (Wildman–Crippen LogP) is 4.03. The third-order valence-electron chi connectivity index (χ3n) is 6.77. The maximum atomic E-state index is 12.8. The van der Waals surface area contributed by atoms with Gasteiger partial charge >= 0.3 is 0 Å². The molecule has 2 heterocycles. The second-order valence-corrected chi connectivity index (χ2v) is 16.5. The van der Waals surface area contributed by atoms with Gasteiger partial charge in [-0.2, -0.15) is 0 Å². The molecular weight excluding hydrogens is 368 g/mol. The van der Waals surface area contributed by atoms with E-state index in [1.54, 1.807) is 16.7 Å². The van der Waals surface area contributed by atoms with Gasteiger partial charge in [-0.15, -0.1) is 0 Å². The topological polar surface area (TPSA) is 49.4 Å². The second-order valence-electron chi connectivity index (χ2n) is 9.01. The van der Waals surface area contributed by atoms with Crippen LogP contribution in [0.25, 0.3) is 0 Å². The molecule has 2 amide bonds. The molecule has 0 unspecified atom stereocenters. The first-order chi connectivity index (χ1) is 11.4. The smallest absolute Gasteiger partial charge is 0.230 e. The van der Waals surface area contributed by atoms with Gasteiger partial charge in [0.2, 0.25) is 11.8 Å². The quantitative estimate of drug-likeness (QED) is 0.430. The van der Waals surface area contributed by atoms with Gasteiger partial charge in [0.1, 0.15) is 4.32 Å². The number of thiocarbonyl (C=S) groups is 1. The molecule has 2 aliphatic heterocycles. The van der Waals surface area contributed by atoms with Crippen molar-refractivity contribution in [2.24, 2.45) is 5.92 Å². The Hall–Kier alpha value is -0.403. The summed E-state index contributed by atoms with van der Waals surface area (Å²) in [5, 5.41) is 3.20. The number of hydrogen-bond donors (Lipinski definition) is 1. The third kappa shape index (κ3) is 3.83. The highest BCUT2D eigenvalue weighted by molar-refractivity contribution is 8.23. The summed E-state index contributed by atoms with van der Waals surface area (Å²) in [7, 11) is -1.66. The van der Waals surface area contributed by atoms with Gasteiger partial charge in [-0.3, -0.25) is 14.5 Å². The molecule has 0 spiro atoms. The van der Waals surface area contributed by atoms with Crippen molar-refractivity contribution >= 4 is 48.2 Å². The van der Waals surface area contributed by atoms with Crippen LogP contribution in [-0.2, 0) is 9.59 Å². The van der Waals surface area contributed by atoms with Crippen LogP contribution in [0.15, 0.2) is 0 Å². The Balaban J connectivity index is 2.09. The molecule has 0 saturated carbocycles.